The molecule has 12 heteroatoms. The first-order valence-corrected chi connectivity index (χ1v) is 12.0. The first-order chi connectivity index (χ1) is 15.0. The molecule has 0 saturated carbocycles. The Bertz CT molecular complexity index is 721. The number of amides is 2. The summed E-state index contributed by atoms with van der Waals surface area (Å²) in [5, 5.41) is 3.94. The third kappa shape index (κ3) is 11.1. The van der Waals surface area contributed by atoms with Crippen molar-refractivity contribution >= 4 is 58.6 Å². The average molecular weight is 531 g/mol. The maximum absolute atomic E-state index is 12.9. The molecule has 1 aliphatic heterocycles. The van der Waals surface area contributed by atoms with Crippen molar-refractivity contribution in [3.05, 3.63) is 0 Å². The molecule has 0 aromatic carbocycles. The minimum Gasteiger partial charge on any atom is -0.460 e. The van der Waals surface area contributed by atoms with Crippen LogP contribution in [0.25, 0.3) is 0 Å². The van der Waals surface area contributed by atoms with E-state index in [4.69, 9.17) is 44.3 Å². The van der Waals surface area contributed by atoms with Gasteiger partial charge in [0.15, 0.2) is 0 Å². The molecule has 0 radical (unpaired) electrons. The molecule has 0 aliphatic carbocycles. The van der Waals surface area contributed by atoms with E-state index >= 15 is 0 Å². The number of hydrogen-bond donors (Lipinski definition) is 2. The molecule has 3 atom stereocenters. The molecule has 2 N–H and O–H groups in total. The van der Waals surface area contributed by atoms with Crippen LogP contribution in [-0.4, -0.2) is 63.4 Å². The molecular weight excluding hydrogens is 497 g/mol. The summed E-state index contributed by atoms with van der Waals surface area (Å²) >= 11 is 16.8. The summed E-state index contributed by atoms with van der Waals surface area (Å²) in [5.74, 6) is -2.79. The zero-order valence-corrected chi connectivity index (χ0v) is 22.1. The Morgan fingerprint density at radius 2 is 1.73 bits per heavy atom. The number of ether oxygens (including phenoxy) is 2. The number of carbonyl (C=O) groups is 4. The van der Waals surface area contributed by atoms with Gasteiger partial charge in [0.1, 0.15) is 24.3 Å². The SMILES string of the molecule is CC(C)[C@H](CC(=O)OC(C)(C)C)C(=O)N[C@@H](C)C(=O)N1CCC[C@@H](C(=O)OCC(Cl)(Cl)Cl)N1. The van der Waals surface area contributed by atoms with E-state index in [0.29, 0.717) is 19.4 Å². The van der Waals surface area contributed by atoms with Crippen LogP contribution >= 0.6 is 34.8 Å². The second-order valence-electron chi connectivity index (χ2n) is 9.41. The van der Waals surface area contributed by atoms with Crippen LogP contribution in [0.2, 0.25) is 0 Å². The lowest BCUT2D eigenvalue weighted by atomic mass is 9.91. The quantitative estimate of drug-likeness (QED) is 0.366. The van der Waals surface area contributed by atoms with Gasteiger partial charge in [-0.3, -0.25) is 24.2 Å². The summed E-state index contributed by atoms with van der Waals surface area (Å²) in [4.78, 5) is 50.1. The lowest BCUT2D eigenvalue weighted by molar-refractivity contribution is -0.158. The first kappa shape index (κ1) is 29.7. The Morgan fingerprint density at radius 3 is 2.24 bits per heavy atom. The Balaban J connectivity index is 2.70. The van der Waals surface area contributed by atoms with Crippen molar-refractivity contribution in [2.75, 3.05) is 13.2 Å². The second kappa shape index (κ2) is 12.4. The molecule has 9 nitrogen and oxygen atoms in total. The van der Waals surface area contributed by atoms with Crippen LogP contribution in [0.4, 0.5) is 0 Å². The summed E-state index contributed by atoms with van der Waals surface area (Å²) in [5.41, 5.74) is 2.15. The van der Waals surface area contributed by atoms with Crippen LogP contribution in [0, 0.1) is 11.8 Å². The number of halogens is 3. The van der Waals surface area contributed by atoms with Gasteiger partial charge in [0, 0.05) is 6.54 Å². The first-order valence-electron chi connectivity index (χ1n) is 10.8. The largest absolute Gasteiger partial charge is 0.460 e. The second-order valence-corrected chi connectivity index (χ2v) is 11.9. The van der Waals surface area contributed by atoms with Crippen molar-refractivity contribution in [3.63, 3.8) is 0 Å². The smallest absolute Gasteiger partial charge is 0.325 e. The Morgan fingerprint density at radius 1 is 1.12 bits per heavy atom. The van der Waals surface area contributed by atoms with Gasteiger partial charge in [-0.25, -0.2) is 5.43 Å². The van der Waals surface area contributed by atoms with Gasteiger partial charge in [0.05, 0.1) is 12.3 Å². The predicted molar refractivity (Wildman–Crippen MR) is 126 cm³/mol. The summed E-state index contributed by atoms with van der Waals surface area (Å²) in [7, 11) is 0. The highest BCUT2D eigenvalue weighted by Crippen LogP contribution is 2.26. The third-order valence-corrected chi connectivity index (χ3v) is 5.12. The van der Waals surface area contributed by atoms with Crippen LogP contribution in [-0.2, 0) is 28.7 Å². The normalized spacial score (nSPS) is 19.0. The molecular formula is C21H34Cl3N3O6. The Hall–Kier alpha value is -1.29. The molecule has 1 fully saturated rings. The van der Waals surface area contributed by atoms with Gasteiger partial charge in [0.25, 0.3) is 5.91 Å². The third-order valence-electron chi connectivity index (χ3n) is 4.79. The fourth-order valence-electron chi connectivity index (χ4n) is 3.18. The molecule has 190 valence electrons. The van der Waals surface area contributed by atoms with E-state index < -0.39 is 57.8 Å². The van der Waals surface area contributed by atoms with E-state index in [-0.39, 0.29) is 12.3 Å². The van der Waals surface area contributed by atoms with Gasteiger partial charge in [-0.15, -0.1) is 0 Å². The van der Waals surface area contributed by atoms with Crippen LogP contribution in [0.15, 0.2) is 0 Å². The predicted octanol–water partition coefficient (Wildman–Crippen LogP) is 2.90. The van der Waals surface area contributed by atoms with E-state index in [9.17, 15) is 19.2 Å². The zero-order chi connectivity index (χ0) is 25.6. The Labute approximate surface area is 210 Å². The van der Waals surface area contributed by atoms with Gasteiger partial charge < -0.3 is 14.8 Å². The highest BCUT2D eigenvalue weighted by molar-refractivity contribution is 6.67. The van der Waals surface area contributed by atoms with Crippen molar-refractivity contribution in [2.24, 2.45) is 11.8 Å². The number of nitrogens with zero attached hydrogens (tertiary/aromatic N) is 1. The van der Waals surface area contributed by atoms with E-state index in [1.165, 1.54) is 11.9 Å². The van der Waals surface area contributed by atoms with Crippen LogP contribution in [0.1, 0.15) is 60.8 Å². The summed E-state index contributed by atoms with van der Waals surface area (Å²) in [6.07, 6.45) is 0.884. The lowest BCUT2D eigenvalue weighted by Gasteiger charge is -2.34. The molecule has 1 saturated heterocycles. The van der Waals surface area contributed by atoms with Crippen LogP contribution in [0.5, 0.6) is 0 Å². The van der Waals surface area contributed by atoms with Crippen molar-refractivity contribution in [2.45, 2.75) is 82.3 Å². The summed E-state index contributed by atoms with van der Waals surface area (Å²) in [6, 6.07) is -1.67. The van der Waals surface area contributed by atoms with Crippen molar-refractivity contribution in [1.29, 1.82) is 0 Å². The minimum atomic E-state index is -1.73. The van der Waals surface area contributed by atoms with Crippen molar-refractivity contribution in [1.82, 2.24) is 15.8 Å². The average Bonchev–Trinajstić information content (AvgIpc) is 2.67. The standard InChI is InChI=1S/C21H34Cl3N3O6/c1-12(2)14(10-16(28)33-20(4,5)6)17(29)25-13(3)18(30)27-9-7-8-15(26-27)19(31)32-11-21(22,23)24/h12-15,26H,7-11H2,1-6H3,(H,25,29)/t13-,14-,15-/m0/s1. The number of esters is 2. The minimum absolute atomic E-state index is 0.0965. The van der Waals surface area contributed by atoms with E-state index in [0.717, 1.165) is 0 Å². The number of hydrazine groups is 1. The molecule has 0 unspecified atom stereocenters. The molecule has 0 bridgehead atoms. The van der Waals surface area contributed by atoms with E-state index in [2.05, 4.69) is 10.7 Å². The number of hydrogen-bond acceptors (Lipinski definition) is 7. The highest BCUT2D eigenvalue weighted by Gasteiger charge is 2.34. The molecule has 1 heterocycles. The van der Waals surface area contributed by atoms with Crippen molar-refractivity contribution < 1.29 is 28.7 Å². The maximum Gasteiger partial charge on any atom is 0.325 e. The Kier molecular flexibility index (Phi) is 11.2. The molecule has 2 amide bonds. The fraction of sp³-hybridized carbons (Fsp3) is 0.810. The van der Waals surface area contributed by atoms with Gasteiger partial charge in [0.2, 0.25) is 9.70 Å². The summed E-state index contributed by atoms with van der Waals surface area (Å²) in [6.45, 7) is 10.4. The van der Waals surface area contributed by atoms with Gasteiger partial charge in [-0.05, 0) is 46.5 Å². The zero-order valence-electron chi connectivity index (χ0n) is 19.9. The van der Waals surface area contributed by atoms with E-state index in [1.807, 2.05) is 13.8 Å². The van der Waals surface area contributed by atoms with E-state index in [1.54, 1.807) is 20.8 Å². The number of alkyl halides is 3. The van der Waals surface area contributed by atoms with Gasteiger partial charge in [-0.1, -0.05) is 48.7 Å². The topological polar surface area (TPSA) is 114 Å². The fourth-order valence-corrected chi connectivity index (χ4v) is 3.34. The summed E-state index contributed by atoms with van der Waals surface area (Å²) < 4.78 is 8.57. The molecule has 33 heavy (non-hydrogen) atoms. The number of rotatable bonds is 8. The molecule has 0 spiro atoms. The number of carbonyl (C=O) groups excluding carboxylic acids is 4. The molecule has 0 aromatic heterocycles. The maximum atomic E-state index is 12.9. The van der Waals surface area contributed by atoms with Gasteiger partial charge >= 0.3 is 11.9 Å². The van der Waals surface area contributed by atoms with Crippen LogP contribution < -0.4 is 10.7 Å². The molecule has 1 rings (SSSR count). The molecule has 0 aromatic rings. The van der Waals surface area contributed by atoms with Crippen LogP contribution in [0.3, 0.4) is 0 Å². The van der Waals surface area contributed by atoms with Gasteiger partial charge in [-0.2, -0.15) is 0 Å². The van der Waals surface area contributed by atoms with Crippen molar-refractivity contribution in [3.8, 4) is 0 Å². The monoisotopic (exact) mass is 529 g/mol. The molecule has 1 aliphatic rings. The highest BCUT2D eigenvalue weighted by atomic mass is 35.6. The lowest BCUT2D eigenvalue weighted by Crippen LogP contribution is -2.60. The number of nitrogens with one attached hydrogen (secondary N) is 2.